The second-order valence-electron chi connectivity index (χ2n) is 4.83. The molecule has 1 atom stereocenters. The Kier molecular flexibility index (Phi) is 3.64. The number of likely N-dealkylation sites (tertiary alicyclic amines) is 1. The summed E-state index contributed by atoms with van der Waals surface area (Å²) in [4.78, 5) is 14.9. The molecule has 3 heterocycles. The molecular weight excluding hydrogens is 274 g/mol. The van der Waals surface area contributed by atoms with E-state index in [0.29, 0.717) is 12.4 Å². The second-order valence-corrected chi connectivity index (χ2v) is 5.74. The zero-order valence-electron chi connectivity index (χ0n) is 11.2. The number of hydrogen-bond acceptors (Lipinski definition) is 5. The van der Waals surface area contributed by atoms with E-state index in [9.17, 15) is 4.79 Å². The molecule has 1 fully saturated rings. The van der Waals surface area contributed by atoms with Gasteiger partial charge in [0.1, 0.15) is 6.10 Å². The number of nitrogens with zero attached hydrogens (tertiary/aromatic N) is 3. The van der Waals surface area contributed by atoms with Gasteiger partial charge in [0.2, 0.25) is 5.88 Å². The van der Waals surface area contributed by atoms with Crippen molar-refractivity contribution in [2.45, 2.75) is 19.4 Å². The third-order valence-electron chi connectivity index (χ3n) is 3.21. The van der Waals surface area contributed by atoms with E-state index in [1.807, 2.05) is 23.3 Å². The van der Waals surface area contributed by atoms with Crippen LogP contribution in [0.3, 0.4) is 0 Å². The molecule has 1 saturated heterocycles. The van der Waals surface area contributed by atoms with Crippen LogP contribution < -0.4 is 4.74 Å². The predicted molar refractivity (Wildman–Crippen MR) is 76.0 cm³/mol. The Morgan fingerprint density at radius 2 is 2.45 bits per heavy atom. The summed E-state index contributed by atoms with van der Waals surface area (Å²) < 4.78 is 5.73. The number of ether oxygens (including phenoxy) is 1. The average molecular weight is 289 g/mol. The number of aryl methyl sites for hydroxylation is 1. The first kappa shape index (κ1) is 13.1. The zero-order valence-corrected chi connectivity index (χ0v) is 12.0. The lowest BCUT2D eigenvalue weighted by Crippen LogP contribution is -2.30. The number of carbonyl (C=O) groups is 1. The molecule has 20 heavy (non-hydrogen) atoms. The minimum absolute atomic E-state index is 0.00305. The van der Waals surface area contributed by atoms with Crippen LogP contribution in [0.1, 0.15) is 21.7 Å². The van der Waals surface area contributed by atoms with Crippen molar-refractivity contribution in [1.82, 2.24) is 15.1 Å². The van der Waals surface area contributed by atoms with E-state index in [0.717, 1.165) is 23.4 Å². The van der Waals surface area contributed by atoms with E-state index in [1.165, 1.54) is 11.3 Å². The monoisotopic (exact) mass is 289 g/mol. The Balaban J connectivity index is 1.61. The van der Waals surface area contributed by atoms with Gasteiger partial charge in [-0.25, -0.2) is 0 Å². The topological polar surface area (TPSA) is 55.3 Å². The van der Waals surface area contributed by atoms with Gasteiger partial charge < -0.3 is 9.64 Å². The number of hydrogen-bond donors (Lipinski definition) is 0. The van der Waals surface area contributed by atoms with Gasteiger partial charge in [-0.15, -0.1) is 16.4 Å². The normalized spacial score (nSPS) is 18.2. The zero-order chi connectivity index (χ0) is 13.9. The Morgan fingerprint density at radius 1 is 1.55 bits per heavy atom. The summed E-state index contributed by atoms with van der Waals surface area (Å²) in [6.45, 7) is 3.32. The Hall–Kier alpha value is -1.95. The highest BCUT2D eigenvalue weighted by Gasteiger charge is 2.29. The maximum Gasteiger partial charge on any atom is 0.264 e. The van der Waals surface area contributed by atoms with Gasteiger partial charge in [-0.05, 0) is 30.0 Å². The van der Waals surface area contributed by atoms with Crippen molar-refractivity contribution in [2.75, 3.05) is 13.1 Å². The van der Waals surface area contributed by atoms with Gasteiger partial charge in [0.15, 0.2) is 0 Å². The lowest BCUT2D eigenvalue weighted by atomic mass is 10.3. The van der Waals surface area contributed by atoms with Crippen molar-refractivity contribution in [3.8, 4) is 5.88 Å². The lowest BCUT2D eigenvalue weighted by Gasteiger charge is -2.15. The van der Waals surface area contributed by atoms with Gasteiger partial charge in [-0.2, -0.15) is 5.10 Å². The molecule has 0 aliphatic carbocycles. The van der Waals surface area contributed by atoms with E-state index < -0.39 is 0 Å². The predicted octanol–water partition coefficient (Wildman–Crippen LogP) is 2.14. The number of rotatable bonds is 3. The average Bonchev–Trinajstić information content (AvgIpc) is 3.08. The van der Waals surface area contributed by atoms with Gasteiger partial charge in [0.05, 0.1) is 11.4 Å². The van der Waals surface area contributed by atoms with Crippen molar-refractivity contribution in [3.05, 3.63) is 40.2 Å². The molecular formula is C14H15N3O2S. The SMILES string of the molecule is Cc1csc(C(=O)N2CCC(Oc3cccnn3)C2)c1. The van der Waals surface area contributed by atoms with Crippen LogP contribution in [0, 0.1) is 6.92 Å². The summed E-state index contributed by atoms with van der Waals surface area (Å²) in [6.07, 6.45) is 2.43. The molecule has 3 rings (SSSR count). The number of thiophene rings is 1. The van der Waals surface area contributed by atoms with Gasteiger partial charge in [-0.1, -0.05) is 0 Å². The highest BCUT2D eigenvalue weighted by atomic mass is 32.1. The molecule has 2 aromatic heterocycles. The number of aromatic nitrogens is 2. The molecule has 0 aromatic carbocycles. The first-order chi connectivity index (χ1) is 9.72. The standard InChI is InChI=1S/C14H15N3O2S/c1-10-7-12(20-9-10)14(18)17-6-4-11(8-17)19-13-3-2-5-15-16-13/h2-3,5,7,9,11H,4,6,8H2,1H3. The summed E-state index contributed by atoms with van der Waals surface area (Å²) in [5.41, 5.74) is 1.13. The van der Waals surface area contributed by atoms with Crippen LogP contribution in [0.4, 0.5) is 0 Å². The molecule has 6 heteroatoms. The van der Waals surface area contributed by atoms with Crippen molar-refractivity contribution < 1.29 is 9.53 Å². The Labute approximate surface area is 121 Å². The molecule has 0 radical (unpaired) electrons. The molecule has 0 N–H and O–H groups in total. The van der Waals surface area contributed by atoms with Crippen LogP contribution in [-0.2, 0) is 0 Å². The lowest BCUT2D eigenvalue weighted by molar-refractivity contribution is 0.0775. The van der Waals surface area contributed by atoms with Crippen LogP contribution in [0.2, 0.25) is 0 Å². The van der Waals surface area contributed by atoms with Crippen molar-refractivity contribution >= 4 is 17.2 Å². The Morgan fingerprint density at radius 3 is 3.15 bits per heavy atom. The van der Waals surface area contributed by atoms with Gasteiger partial charge in [-0.3, -0.25) is 4.79 Å². The minimum atomic E-state index is -0.00305. The first-order valence-electron chi connectivity index (χ1n) is 6.51. The summed E-state index contributed by atoms with van der Waals surface area (Å²) in [5, 5.41) is 9.67. The highest BCUT2D eigenvalue weighted by molar-refractivity contribution is 7.12. The summed E-state index contributed by atoms with van der Waals surface area (Å²) in [6, 6.07) is 5.50. The molecule has 1 aliphatic rings. The van der Waals surface area contributed by atoms with Crippen LogP contribution in [0.25, 0.3) is 0 Å². The van der Waals surface area contributed by atoms with E-state index in [2.05, 4.69) is 10.2 Å². The maximum absolute atomic E-state index is 12.3. The molecule has 104 valence electrons. The second kappa shape index (κ2) is 5.58. The van der Waals surface area contributed by atoms with Crippen molar-refractivity contribution in [2.24, 2.45) is 0 Å². The van der Waals surface area contributed by atoms with E-state index in [-0.39, 0.29) is 12.0 Å². The molecule has 1 aliphatic heterocycles. The maximum atomic E-state index is 12.3. The van der Waals surface area contributed by atoms with E-state index >= 15 is 0 Å². The Bertz CT molecular complexity index is 599. The molecule has 0 bridgehead atoms. The molecule has 0 spiro atoms. The fourth-order valence-electron chi connectivity index (χ4n) is 2.23. The first-order valence-corrected chi connectivity index (χ1v) is 7.39. The van der Waals surface area contributed by atoms with Crippen LogP contribution in [-0.4, -0.2) is 40.2 Å². The fraction of sp³-hybridized carbons (Fsp3) is 0.357. The third-order valence-corrected chi connectivity index (χ3v) is 4.24. The molecule has 1 unspecified atom stereocenters. The molecule has 2 aromatic rings. The molecule has 0 saturated carbocycles. The largest absolute Gasteiger partial charge is 0.471 e. The smallest absolute Gasteiger partial charge is 0.264 e. The minimum Gasteiger partial charge on any atom is -0.471 e. The van der Waals surface area contributed by atoms with Crippen LogP contribution in [0.5, 0.6) is 5.88 Å². The molecule has 5 nitrogen and oxygen atoms in total. The van der Waals surface area contributed by atoms with Crippen molar-refractivity contribution in [1.29, 1.82) is 0 Å². The van der Waals surface area contributed by atoms with Crippen molar-refractivity contribution in [3.63, 3.8) is 0 Å². The van der Waals surface area contributed by atoms with Gasteiger partial charge in [0, 0.05) is 25.2 Å². The summed E-state index contributed by atoms with van der Waals surface area (Å²) in [7, 11) is 0. The van der Waals surface area contributed by atoms with Crippen LogP contribution >= 0.6 is 11.3 Å². The molecule has 1 amide bonds. The third kappa shape index (κ3) is 2.80. The highest BCUT2D eigenvalue weighted by Crippen LogP contribution is 2.21. The van der Waals surface area contributed by atoms with E-state index in [4.69, 9.17) is 4.74 Å². The number of carbonyl (C=O) groups excluding carboxylic acids is 1. The number of amides is 1. The fourth-order valence-corrected chi connectivity index (χ4v) is 3.09. The summed E-state index contributed by atoms with van der Waals surface area (Å²) >= 11 is 1.50. The van der Waals surface area contributed by atoms with Gasteiger partial charge in [0.25, 0.3) is 5.91 Å². The van der Waals surface area contributed by atoms with Crippen LogP contribution in [0.15, 0.2) is 29.8 Å². The summed E-state index contributed by atoms with van der Waals surface area (Å²) in [5.74, 6) is 0.604. The quantitative estimate of drug-likeness (QED) is 0.868. The van der Waals surface area contributed by atoms with Gasteiger partial charge >= 0.3 is 0 Å². The van der Waals surface area contributed by atoms with E-state index in [1.54, 1.807) is 18.3 Å².